The van der Waals surface area contributed by atoms with Crippen LogP contribution in [-0.2, 0) is 22.3 Å². The average molecular weight is 576 g/mol. The molecular weight excluding hydrogens is 547 g/mol. The first-order valence-corrected chi connectivity index (χ1v) is 14.1. The zero-order valence-corrected chi connectivity index (χ0v) is 22.3. The SMILES string of the molecule is O=C(O)[C@H]1[C@H](Cn2nnc3ccc(C(F)(F)F)cc3c2=O)CC[C@@H]1C(=O)c1ccc(SCC2CCOCC2)cc1. The second kappa shape index (κ2) is 11.7. The second-order valence-electron chi connectivity index (χ2n) is 10.4. The van der Waals surface area contributed by atoms with Crippen molar-refractivity contribution in [2.45, 2.75) is 43.3 Å². The van der Waals surface area contributed by atoms with Gasteiger partial charge in [0.15, 0.2) is 5.78 Å². The first-order chi connectivity index (χ1) is 19.1. The van der Waals surface area contributed by atoms with Crippen molar-refractivity contribution in [1.82, 2.24) is 15.0 Å². The minimum Gasteiger partial charge on any atom is -0.481 e. The number of fused-ring (bicyclic) bond motifs is 1. The maximum absolute atomic E-state index is 13.4. The first-order valence-electron chi connectivity index (χ1n) is 13.1. The normalized spacial score (nSPS) is 22.0. The molecule has 0 radical (unpaired) electrons. The summed E-state index contributed by atoms with van der Waals surface area (Å²) in [4.78, 5) is 39.6. The summed E-state index contributed by atoms with van der Waals surface area (Å²) in [5, 5.41) is 17.5. The van der Waals surface area contributed by atoms with Crippen LogP contribution >= 0.6 is 11.8 Å². The molecule has 1 aliphatic heterocycles. The number of hydrogen-bond acceptors (Lipinski definition) is 7. The van der Waals surface area contributed by atoms with Gasteiger partial charge in [0, 0.05) is 35.3 Å². The summed E-state index contributed by atoms with van der Waals surface area (Å²) < 4.78 is 45.8. The Labute approximate surface area is 231 Å². The topological polar surface area (TPSA) is 111 Å². The lowest BCUT2D eigenvalue weighted by Gasteiger charge is -2.21. The van der Waals surface area contributed by atoms with Gasteiger partial charge in [0.25, 0.3) is 5.56 Å². The van der Waals surface area contributed by atoms with Gasteiger partial charge >= 0.3 is 12.1 Å². The average Bonchev–Trinajstić information content (AvgIpc) is 3.37. The van der Waals surface area contributed by atoms with Gasteiger partial charge in [-0.05, 0) is 67.9 Å². The number of carbonyl (C=O) groups is 2. The van der Waals surface area contributed by atoms with Gasteiger partial charge in [-0.1, -0.05) is 17.3 Å². The molecule has 1 N–H and O–H groups in total. The van der Waals surface area contributed by atoms with E-state index in [0.29, 0.717) is 24.3 Å². The summed E-state index contributed by atoms with van der Waals surface area (Å²) in [6.45, 7) is 1.40. The van der Waals surface area contributed by atoms with Crippen LogP contribution < -0.4 is 5.56 Å². The number of nitrogens with zero attached hydrogens (tertiary/aromatic N) is 3. The van der Waals surface area contributed by atoms with Gasteiger partial charge in [-0.25, -0.2) is 4.68 Å². The monoisotopic (exact) mass is 575 g/mol. The van der Waals surface area contributed by atoms with Gasteiger partial charge in [0.2, 0.25) is 0 Å². The van der Waals surface area contributed by atoms with Crippen LogP contribution in [0.2, 0.25) is 0 Å². The van der Waals surface area contributed by atoms with Crippen LogP contribution in [0.1, 0.15) is 41.6 Å². The van der Waals surface area contributed by atoms with Crippen molar-refractivity contribution in [3.05, 3.63) is 63.9 Å². The van der Waals surface area contributed by atoms with Gasteiger partial charge in [0.1, 0.15) is 5.52 Å². The second-order valence-corrected chi connectivity index (χ2v) is 11.5. The first kappa shape index (κ1) is 28.3. The molecule has 3 aromatic rings. The van der Waals surface area contributed by atoms with Crippen LogP contribution in [0.5, 0.6) is 0 Å². The van der Waals surface area contributed by atoms with Crippen molar-refractivity contribution in [2.24, 2.45) is 23.7 Å². The van der Waals surface area contributed by atoms with Crippen molar-refractivity contribution in [1.29, 1.82) is 0 Å². The molecule has 0 amide bonds. The number of ether oxygens (including phenoxy) is 1. The number of alkyl halides is 3. The largest absolute Gasteiger partial charge is 0.481 e. The standard InChI is InChI=1S/C28H28F3N3O5S/c29-28(30,31)19-4-8-23-22(13-19)26(36)34(33-32-23)14-18-3-7-21(24(18)27(37)38)25(35)17-1-5-20(6-2-17)40-15-16-9-11-39-12-10-16/h1-2,4-6,8,13,16,18,21,24H,3,7,9-12,14-15H2,(H,37,38)/t18-,21-,24-/m0/s1. The van der Waals surface area contributed by atoms with Crippen LogP contribution in [0.3, 0.4) is 0 Å². The highest BCUT2D eigenvalue weighted by atomic mass is 32.2. The van der Waals surface area contributed by atoms with E-state index in [2.05, 4.69) is 10.3 Å². The lowest BCUT2D eigenvalue weighted by molar-refractivity contribution is -0.144. The predicted molar refractivity (Wildman–Crippen MR) is 141 cm³/mol. The summed E-state index contributed by atoms with van der Waals surface area (Å²) in [6, 6.07) is 9.82. The number of carboxylic acids is 1. The molecule has 0 bridgehead atoms. The Bertz CT molecular complexity index is 1450. The number of thioether (sulfide) groups is 1. The van der Waals surface area contributed by atoms with Crippen LogP contribution in [0.4, 0.5) is 13.2 Å². The van der Waals surface area contributed by atoms with E-state index in [1.807, 2.05) is 12.1 Å². The number of ketones is 1. The minimum absolute atomic E-state index is 0.0119. The molecule has 40 heavy (non-hydrogen) atoms. The third-order valence-corrected chi connectivity index (χ3v) is 9.08. The molecule has 1 aromatic heterocycles. The summed E-state index contributed by atoms with van der Waals surface area (Å²) in [5.74, 6) is -2.34. The molecule has 3 atom stereocenters. The van der Waals surface area contributed by atoms with Crippen molar-refractivity contribution in [2.75, 3.05) is 19.0 Å². The number of rotatable bonds is 8. The molecule has 1 aliphatic carbocycles. The van der Waals surface area contributed by atoms with Gasteiger partial charge in [-0.2, -0.15) is 13.2 Å². The summed E-state index contributed by atoms with van der Waals surface area (Å²) in [6.07, 6.45) is -1.90. The summed E-state index contributed by atoms with van der Waals surface area (Å²) in [5.41, 5.74) is -1.34. The lowest BCUT2D eigenvalue weighted by atomic mass is 9.84. The maximum Gasteiger partial charge on any atom is 0.416 e. The van der Waals surface area contributed by atoms with E-state index in [4.69, 9.17) is 4.74 Å². The number of carbonyl (C=O) groups excluding carboxylic acids is 1. The number of hydrogen-bond donors (Lipinski definition) is 1. The zero-order chi connectivity index (χ0) is 28.4. The zero-order valence-electron chi connectivity index (χ0n) is 21.5. The number of aliphatic carboxylic acids is 1. The van der Waals surface area contributed by atoms with Crippen LogP contribution in [-0.4, -0.2) is 50.8 Å². The van der Waals surface area contributed by atoms with Crippen molar-refractivity contribution in [3.63, 3.8) is 0 Å². The van der Waals surface area contributed by atoms with Crippen LogP contribution in [0, 0.1) is 23.7 Å². The molecule has 12 heteroatoms. The Morgan fingerprint density at radius 3 is 2.45 bits per heavy atom. The van der Waals surface area contributed by atoms with Crippen LogP contribution in [0.25, 0.3) is 10.9 Å². The Kier molecular flexibility index (Phi) is 8.27. The lowest BCUT2D eigenvalue weighted by Crippen LogP contribution is -2.34. The van der Waals surface area contributed by atoms with E-state index in [-0.39, 0.29) is 23.2 Å². The van der Waals surface area contributed by atoms with Gasteiger partial charge in [-0.15, -0.1) is 16.9 Å². The van der Waals surface area contributed by atoms with E-state index in [1.54, 1.807) is 23.9 Å². The van der Waals surface area contributed by atoms with Crippen LogP contribution in [0.15, 0.2) is 52.2 Å². The van der Waals surface area contributed by atoms with E-state index in [9.17, 15) is 32.7 Å². The molecular formula is C28H28F3N3O5S. The molecule has 2 heterocycles. The Hall–Kier alpha value is -3.25. The maximum atomic E-state index is 13.4. The third-order valence-electron chi connectivity index (χ3n) is 7.83. The van der Waals surface area contributed by atoms with E-state index < -0.39 is 41.0 Å². The molecule has 2 fully saturated rings. The fourth-order valence-corrected chi connectivity index (χ4v) is 6.69. The smallest absolute Gasteiger partial charge is 0.416 e. The van der Waals surface area contributed by atoms with Gasteiger partial charge in [0.05, 0.1) is 23.4 Å². The molecule has 8 nitrogen and oxygen atoms in total. The summed E-state index contributed by atoms with van der Waals surface area (Å²) >= 11 is 1.72. The number of benzene rings is 2. The molecule has 5 rings (SSSR count). The van der Waals surface area contributed by atoms with E-state index >= 15 is 0 Å². The molecule has 1 saturated carbocycles. The van der Waals surface area contributed by atoms with Gasteiger partial charge in [-0.3, -0.25) is 14.4 Å². The summed E-state index contributed by atoms with van der Waals surface area (Å²) in [7, 11) is 0. The molecule has 0 spiro atoms. The molecule has 2 aromatic carbocycles. The fraction of sp³-hybridized carbons (Fsp3) is 0.464. The molecule has 0 unspecified atom stereocenters. The molecule has 212 valence electrons. The highest BCUT2D eigenvalue weighted by molar-refractivity contribution is 7.99. The van der Waals surface area contributed by atoms with Crippen molar-refractivity contribution >= 4 is 34.4 Å². The number of halogens is 3. The highest BCUT2D eigenvalue weighted by Crippen LogP contribution is 2.40. The fourth-order valence-electron chi connectivity index (χ4n) is 5.60. The Morgan fingerprint density at radius 1 is 1.05 bits per heavy atom. The van der Waals surface area contributed by atoms with E-state index in [1.165, 1.54) is 0 Å². The predicted octanol–water partition coefficient (Wildman–Crippen LogP) is 4.94. The quantitative estimate of drug-likeness (QED) is 0.297. The molecule has 2 aliphatic rings. The molecule has 1 saturated heterocycles. The number of carboxylic acid groups (broad SMARTS) is 1. The van der Waals surface area contributed by atoms with Crippen molar-refractivity contribution in [3.8, 4) is 0 Å². The number of aromatic nitrogens is 3. The third kappa shape index (κ3) is 6.07. The Balaban J connectivity index is 1.29. The highest BCUT2D eigenvalue weighted by Gasteiger charge is 2.45. The van der Waals surface area contributed by atoms with Crippen molar-refractivity contribution < 1.29 is 32.6 Å². The van der Waals surface area contributed by atoms with Gasteiger partial charge < -0.3 is 9.84 Å². The number of Topliss-reactive ketones (excluding diaryl/α,β-unsaturated/α-hetero) is 1. The van der Waals surface area contributed by atoms with E-state index in [0.717, 1.165) is 59.6 Å². The minimum atomic E-state index is -4.64. The Morgan fingerprint density at radius 2 is 1.77 bits per heavy atom.